The van der Waals surface area contributed by atoms with Crippen LogP contribution in [0.25, 0.3) is 0 Å². The highest BCUT2D eigenvalue weighted by Crippen LogP contribution is 2.19. The zero-order valence-electron chi connectivity index (χ0n) is 14.7. The molecule has 0 radical (unpaired) electrons. The van der Waals surface area contributed by atoms with Gasteiger partial charge in [-0.15, -0.1) is 0 Å². The van der Waals surface area contributed by atoms with Crippen molar-refractivity contribution in [2.24, 2.45) is 0 Å². The SMILES string of the molecule is C[NH+](CC(=O)NCCC1=CCCCC1)CC(=O)Nc1ccc(Cl)cc1. The highest BCUT2D eigenvalue weighted by Gasteiger charge is 2.14. The Morgan fingerprint density at radius 3 is 2.52 bits per heavy atom. The maximum atomic E-state index is 12.0. The Morgan fingerprint density at radius 1 is 1.12 bits per heavy atom. The molecule has 25 heavy (non-hydrogen) atoms. The number of benzene rings is 1. The molecule has 3 N–H and O–H groups in total. The minimum atomic E-state index is -0.125. The summed E-state index contributed by atoms with van der Waals surface area (Å²) in [4.78, 5) is 24.8. The molecule has 1 aromatic carbocycles. The van der Waals surface area contributed by atoms with E-state index in [1.165, 1.54) is 24.8 Å². The molecule has 2 rings (SSSR count). The first-order valence-electron chi connectivity index (χ1n) is 8.84. The van der Waals surface area contributed by atoms with Crippen LogP contribution in [0.5, 0.6) is 0 Å². The van der Waals surface area contributed by atoms with E-state index in [0.29, 0.717) is 17.3 Å². The highest BCUT2D eigenvalue weighted by atomic mass is 35.5. The van der Waals surface area contributed by atoms with E-state index >= 15 is 0 Å². The molecular formula is C19H27ClN3O2+. The monoisotopic (exact) mass is 364 g/mol. The van der Waals surface area contributed by atoms with Crippen molar-refractivity contribution in [3.05, 3.63) is 40.9 Å². The predicted molar refractivity (Wildman–Crippen MR) is 101 cm³/mol. The number of carbonyl (C=O) groups is 2. The third-order valence-electron chi connectivity index (χ3n) is 4.21. The van der Waals surface area contributed by atoms with Gasteiger partial charge in [0.05, 0.1) is 7.05 Å². The summed E-state index contributed by atoms with van der Waals surface area (Å²) in [5.41, 5.74) is 2.15. The molecule has 0 aliphatic heterocycles. The molecule has 0 spiro atoms. The van der Waals surface area contributed by atoms with Crippen LogP contribution in [0.2, 0.25) is 5.02 Å². The van der Waals surface area contributed by atoms with Gasteiger partial charge in [-0.1, -0.05) is 23.3 Å². The molecule has 136 valence electrons. The molecule has 0 saturated heterocycles. The van der Waals surface area contributed by atoms with Crippen molar-refractivity contribution in [3.63, 3.8) is 0 Å². The number of anilines is 1. The van der Waals surface area contributed by atoms with Gasteiger partial charge < -0.3 is 15.5 Å². The molecule has 0 fully saturated rings. The van der Waals surface area contributed by atoms with Crippen molar-refractivity contribution in [1.82, 2.24) is 5.32 Å². The van der Waals surface area contributed by atoms with E-state index in [-0.39, 0.29) is 24.9 Å². The number of allylic oxidation sites excluding steroid dienone is 1. The smallest absolute Gasteiger partial charge is 0.279 e. The quantitative estimate of drug-likeness (QED) is 0.616. The van der Waals surface area contributed by atoms with Crippen LogP contribution in [0.15, 0.2) is 35.9 Å². The lowest BCUT2D eigenvalue weighted by Gasteiger charge is -2.15. The van der Waals surface area contributed by atoms with Crippen LogP contribution < -0.4 is 15.5 Å². The van der Waals surface area contributed by atoms with Crippen LogP contribution in [0.4, 0.5) is 5.69 Å². The summed E-state index contributed by atoms with van der Waals surface area (Å²) in [6.45, 7) is 1.20. The Hall–Kier alpha value is -1.85. The molecule has 1 aliphatic rings. The number of rotatable bonds is 8. The third kappa shape index (κ3) is 7.71. The van der Waals surface area contributed by atoms with E-state index in [1.54, 1.807) is 24.3 Å². The average molecular weight is 365 g/mol. The predicted octanol–water partition coefficient (Wildman–Crippen LogP) is 1.80. The van der Waals surface area contributed by atoms with Crippen LogP contribution in [0.1, 0.15) is 32.1 Å². The van der Waals surface area contributed by atoms with Crippen LogP contribution in [0.3, 0.4) is 0 Å². The minimum Gasteiger partial charge on any atom is -0.351 e. The molecule has 1 unspecified atom stereocenters. The number of halogens is 1. The Bertz CT molecular complexity index is 614. The fraction of sp³-hybridized carbons (Fsp3) is 0.474. The Morgan fingerprint density at radius 2 is 1.84 bits per heavy atom. The molecule has 1 atom stereocenters. The first-order chi connectivity index (χ1) is 12.0. The first kappa shape index (κ1) is 19.5. The molecule has 0 aromatic heterocycles. The van der Waals surface area contributed by atoms with Gasteiger partial charge in [-0.2, -0.15) is 0 Å². The van der Waals surface area contributed by atoms with Gasteiger partial charge in [0.1, 0.15) is 0 Å². The van der Waals surface area contributed by atoms with Crippen molar-refractivity contribution in [1.29, 1.82) is 0 Å². The van der Waals surface area contributed by atoms with E-state index in [1.807, 2.05) is 7.05 Å². The van der Waals surface area contributed by atoms with E-state index in [2.05, 4.69) is 16.7 Å². The van der Waals surface area contributed by atoms with Crippen molar-refractivity contribution in [2.75, 3.05) is 32.0 Å². The van der Waals surface area contributed by atoms with Crippen LogP contribution >= 0.6 is 11.6 Å². The zero-order valence-corrected chi connectivity index (χ0v) is 15.5. The zero-order chi connectivity index (χ0) is 18.1. The summed E-state index contributed by atoms with van der Waals surface area (Å²) < 4.78 is 0. The number of carbonyl (C=O) groups excluding carboxylic acids is 2. The van der Waals surface area contributed by atoms with Gasteiger partial charge in [0.2, 0.25) is 0 Å². The van der Waals surface area contributed by atoms with Crippen molar-refractivity contribution in [2.45, 2.75) is 32.1 Å². The summed E-state index contributed by atoms with van der Waals surface area (Å²) in [6, 6.07) is 6.95. The molecule has 2 amide bonds. The van der Waals surface area contributed by atoms with E-state index in [0.717, 1.165) is 17.7 Å². The second kappa shape index (κ2) is 10.2. The molecule has 1 aliphatic carbocycles. The molecule has 0 saturated carbocycles. The largest absolute Gasteiger partial charge is 0.351 e. The average Bonchev–Trinajstić information content (AvgIpc) is 2.57. The van der Waals surface area contributed by atoms with Gasteiger partial charge >= 0.3 is 0 Å². The fourth-order valence-electron chi connectivity index (χ4n) is 2.91. The van der Waals surface area contributed by atoms with Crippen molar-refractivity contribution in [3.8, 4) is 0 Å². The number of amides is 2. The molecule has 0 bridgehead atoms. The summed E-state index contributed by atoms with van der Waals surface area (Å²) in [5.74, 6) is -0.145. The summed E-state index contributed by atoms with van der Waals surface area (Å²) >= 11 is 5.82. The van der Waals surface area contributed by atoms with E-state index in [9.17, 15) is 9.59 Å². The van der Waals surface area contributed by atoms with Crippen molar-refractivity contribution >= 4 is 29.1 Å². The lowest BCUT2D eigenvalue weighted by Crippen LogP contribution is -3.11. The normalized spacial score (nSPS) is 15.2. The van der Waals surface area contributed by atoms with Crippen LogP contribution in [-0.2, 0) is 9.59 Å². The third-order valence-corrected chi connectivity index (χ3v) is 4.46. The molecule has 0 heterocycles. The first-order valence-corrected chi connectivity index (χ1v) is 9.22. The molecule has 5 nitrogen and oxygen atoms in total. The second-order valence-electron chi connectivity index (χ2n) is 6.57. The van der Waals surface area contributed by atoms with Gasteiger partial charge in [0, 0.05) is 17.3 Å². The van der Waals surface area contributed by atoms with Crippen LogP contribution in [-0.4, -0.2) is 38.5 Å². The standard InChI is InChI=1S/C19H26ClN3O2/c1-23(14-19(25)22-17-9-7-16(20)8-10-17)13-18(24)21-12-11-15-5-3-2-4-6-15/h5,7-10H,2-4,6,11-14H2,1H3,(H,21,24)(H,22,25)/p+1. The minimum absolute atomic E-state index is 0.0202. The second-order valence-corrected chi connectivity index (χ2v) is 7.01. The number of quaternary nitrogens is 1. The Labute approximate surface area is 154 Å². The fourth-order valence-corrected chi connectivity index (χ4v) is 3.03. The van der Waals surface area contributed by atoms with E-state index in [4.69, 9.17) is 11.6 Å². The van der Waals surface area contributed by atoms with Crippen LogP contribution in [0, 0.1) is 0 Å². The Kier molecular flexibility index (Phi) is 7.95. The van der Waals surface area contributed by atoms with Gasteiger partial charge in [-0.05, 0) is 56.4 Å². The highest BCUT2D eigenvalue weighted by molar-refractivity contribution is 6.30. The summed E-state index contributed by atoms with van der Waals surface area (Å²) in [5, 5.41) is 6.37. The Balaban J connectivity index is 1.63. The van der Waals surface area contributed by atoms with Gasteiger partial charge in [0.15, 0.2) is 13.1 Å². The number of likely N-dealkylation sites (N-methyl/N-ethyl adjacent to an activating group) is 1. The molecule has 6 heteroatoms. The molecular weight excluding hydrogens is 338 g/mol. The number of nitrogens with one attached hydrogen (secondary N) is 3. The maximum Gasteiger partial charge on any atom is 0.279 e. The lowest BCUT2D eigenvalue weighted by molar-refractivity contribution is -0.862. The van der Waals surface area contributed by atoms with E-state index < -0.39 is 0 Å². The van der Waals surface area contributed by atoms with Gasteiger partial charge in [-0.25, -0.2) is 0 Å². The maximum absolute atomic E-state index is 12.0. The van der Waals surface area contributed by atoms with Gasteiger partial charge in [-0.3, -0.25) is 9.59 Å². The number of hydrogen-bond donors (Lipinski definition) is 3. The van der Waals surface area contributed by atoms with Gasteiger partial charge in [0.25, 0.3) is 11.8 Å². The summed E-state index contributed by atoms with van der Waals surface area (Å²) in [7, 11) is 1.84. The van der Waals surface area contributed by atoms with Crippen molar-refractivity contribution < 1.29 is 14.5 Å². The molecule has 1 aromatic rings. The number of hydrogen-bond acceptors (Lipinski definition) is 2. The summed E-state index contributed by atoms with van der Waals surface area (Å²) in [6.07, 6.45) is 8.10. The lowest BCUT2D eigenvalue weighted by atomic mass is 9.97. The topological polar surface area (TPSA) is 62.6 Å².